The fourth-order valence-electron chi connectivity index (χ4n) is 1.47. The van der Waals surface area contributed by atoms with Gasteiger partial charge in [0.2, 0.25) is 0 Å². The minimum absolute atomic E-state index is 0.156. The zero-order valence-corrected chi connectivity index (χ0v) is 11.4. The Hall–Kier alpha value is -1.62. The molecule has 0 saturated carbocycles. The first-order valence-corrected chi connectivity index (χ1v) is 6.14. The minimum atomic E-state index is -1.26. The molecule has 1 atom stereocenters. The number of ether oxygens (including phenoxy) is 1. The van der Waals surface area contributed by atoms with Crippen LogP contribution in [0.15, 0.2) is 24.3 Å². The van der Waals surface area contributed by atoms with Crippen molar-refractivity contribution in [1.82, 2.24) is 0 Å². The van der Waals surface area contributed by atoms with Gasteiger partial charge in [0.15, 0.2) is 0 Å². The van der Waals surface area contributed by atoms with E-state index in [0.29, 0.717) is 5.69 Å². The van der Waals surface area contributed by atoms with Crippen LogP contribution in [0, 0.1) is 0 Å². The third-order valence-corrected chi connectivity index (χ3v) is 2.25. The summed E-state index contributed by atoms with van der Waals surface area (Å²) in [7, 11) is 0. The van der Waals surface area contributed by atoms with Gasteiger partial charge in [-0.15, -0.1) is 0 Å². The number of nitrogens with one attached hydrogen (secondary N) is 1. The highest BCUT2D eigenvalue weighted by Crippen LogP contribution is 2.14. The minimum Gasteiger partial charge on any atom is -0.444 e. The van der Waals surface area contributed by atoms with Crippen molar-refractivity contribution < 1.29 is 19.0 Å². The lowest BCUT2D eigenvalue weighted by Gasteiger charge is -2.19. The van der Waals surface area contributed by atoms with E-state index >= 15 is 0 Å². The number of aliphatic hydroxyl groups is 1. The Morgan fingerprint density at radius 1 is 1.37 bits per heavy atom. The maximum atomic E-state index is 13.0. The molecule has 1 rings (SSSR count). The van der Waals surface area contributed by atoms with Crippen molar-refractivity contribution in [3.63, 3.8) is 0 Å². The molecule has 0 spiro atoms. The number of amides is 1. The van der Waals surface area contributed by atoms with Crippen molar-refractivity contribution in [3.8, 4) is 0 Å². The molecule has 1 amide bonds. The summed E-state index contributed by atoms with van der Waals surface area (Å²) in [5, 5.41) is 11.2. The van der Waals surface area contributed by atoms with Gasteiger partial charge in [0.05, 0.1) is 6.61 Å². The van der Waals surface area contributed by atoms with Crippen LogP contribution in [-0.2, 0) is 11.2 Å². The number of halogens is 1. The molecule has 106 valence electrons. The monoisotopic (exact) mass is 269 g/mol. The highest BCUT2D eigenvalue weighted by atomic mass is 19.1. The van der Waals surface area contributed by atoms with Crippen LogP contribution in [0.3, 0.4) is 0 Å². The SMILES string of the molecule is CC(C)(C)OC(=O)Nc1ccc(CC(F)CO)cc1. The van der Waals surface area contributed by atoms with E-state index in [0.717, 1.165) is 5.56 Å². The lowest BCUT2D eigenvalue weighted by molar-refractivity contribution is 0.0636. The summed E-state index contributed by atoms with van der Waals surface area (Å²) in [5.41, 5.74) is 0.792. The van der Waals surface area contributed by atoms with Crippen LogP contribution in [0.5, 0.6) is 0 Å². The number of carbonyl (C=O) groups excluding carboxylic acids is 1. The molecule has 0 bridgehead atoms. The van der Waals surface area contributed by atoms with Crippen LogP contribution < -0.4 is 5.32 Å². The van der Waals surface area contributed by atoms with Crippen LogP contribution in [-0.4, -0.2) is 29.6 Å². The predicted molar refractivity (Wildman–Crippen MR) is 72.0 cm³/mol. The summed E-state index contributed by atoms with van der Waals surface area (Å²) in [5.74, 6) is 0. The number of aliphatic hydroxyl groups excluding tert-OH is 1. The molecule has 5 heteroatoms. The van der Waals surface area contributed by atoms with Crippen molar-refractivity contribution >= 4 is 11.8 Å². The van der Waals surface area contributed by atoms with Gasteiger partial charge in [0, 0.05) is 12.1 Å². The van der Waals surface area contributed by atoms with Crippen LogP contribution >= 0.6 is 0 Å². The highest BCUT2D eigenvalue weighted by molar-refractivity contribution is 5.84. The zero-order chi connectivity index (χ0) is 14.5. The van der Waals surface area contributed by atoms with Crippen molar-refractivity contribution in [2.75, 3.05) is 11.9 Å². The van der Waals surface area contributed by atoms with Crippen molar-refractivity contribution in [2.45, 2.75) is 39.0 Å². The summed E-state index contributed by atoms with van der Waals surface area (Å²) < 4.78 is 18.1. The molecule has 19 heavy (non-hydrogen) atoms. The topological polar surface area (TPSA) is 58.6 Å². The normalized spacial score (nSPS) is 12.9. The Morgan fingerprint density at radius 3 is 2.42 bits per heavy atom. The van der Waals surface area contributed by atoms with Gasteiger partial charge < -0.3 is 9.84 Å². The van der Waals surface area contributed by atoms with Crippen molar-refractivity contribution in [3.05, 3.63) is 29.8 Å². The maximum absolute atomic E-state index is 13.0. The lowest BCUT2D eigenvalue weighted by Crippen LogP contribution is -2.27. The molecule has 0 saturated heterocycles. The van der Waals surface area contributed by atoms with Crippen LogP contribution in [0.25, 0.3) is 0 Å². The number of benzene rings is 1. The molecule has 0 aliphatic carbocycles. The first kappa shape index (κ1) is 15.4. The smallest absolute Gasteiger partial charge is 0.412 e. The van der Waals surface area contributed by atoms with Gasteiger partial charge in [-0.25, -0.2) is 9.18 Å². The molecule has 1 aromatic carbocycles. The molecule has 0 aliphatic rings. The molecule has 0 aromatic heterocycles. The van der Waals surface area contributed by atoms with Gasteiger partial charge in [0.1, 0.15) is 11.8 Å². The molecule has 1 aromatic rings. The molecular weight excluding hydrogens is 249 g/mol. The van der Waals surface area contributed by atoms with Gasteiger partial charge in [-0.1, -0.05) is 12.1 Å². The molecule has 4 nitrogen and oxygen atoms in total. The second kappa shape index (κ2) is 6.52. The van der Waals surface area contributed by atoms with Gasteiger partial charge in [-0.05, 0) is 38.5 Å². The van der Waals surface area contributed by atoms with E-state index in [9.17, 15) is 9.18 Å². The van der Waals surface area contributed by atoms with E-state index in [1.807, 2.05) is 0 Å². The number of alkyl halides is 1. The van der Waals surface area contributed by atoms with E-state index in [-0.39, 0.29) is 6.42 Å². The number of hydrogen-bond acceptors (Lipinski definition) is 3. The summed E-state index contributed by atoms with van der Waals surface area (Å²) in [6.45, 7) is 4.86. The fraction of sp³-hybridized carbons (Fsp3) is 0.500. The third kappa shape index (κ3) is 6.20. The zero-order valence-electron chi connectivity index (χ0n) is 11.4. The number of rotatable bonds is 4. The third-order valence-electron chi connectivity index (χ3n) is 2.25. The summed E-state index contributed by atoms with van der Waals surface area (Å²) in [6.07, 6.45) is -1.63. The summed E-state index contributed by atoms with van der Waals surface area (Å²) >= 11 is 0. The van der Waals surface area contributed by atoms with Crippen molar-refractivity contribution in [2.24, 2.45) is 0 Å². The van der Waals surface area contributed by atoms with Gasteiger partial charge >= 0.3 is 6.09 Å². The van der Waals surface area contributed by atoms with E-state index < -0.39 is 24.5 Å². The van der Waals surface area contributed by atoms with E-state index in [1.54, 1.807) is 45.0 Å². The second-order valence-electron chi connectivity index (χ2n) is 5.31. The second-order valence-corrected chi connectivity index (χ2v) is 5.31. The summed E-state index contributed by atoms with van der Waals surface area (Å²) in [4.78, 5) is 11.5. The van der Waals surface area contributed by atoms with E-state index in [4.69, 9.17) is 9.84 Å². The summed E-state index contributed by atoms with van der Waals surface area (Å²) in [6, 6.07) is 6.75. The van der Waals surface area contributed by atoms with Crippen LogP contribution in [0.1, 0.15) is 26.3 Å². The molecule has 0 fully saturated rings. The Balaban J connectivity index is 2.55. The number of carbonyl (C=O) groups is 1. The molecule has 1 unspecified atom stereocenters. The number of hydrogen-bond donors (Lipinski definition) is 2. The van der Waals surface area contributed by atoms with E-state index in [2.05, 4.69) is 5.32 Å². The van der Waals surface area contributed by atoms with Gasteiger partial charge in [-0.3, -0.25) is 5.32 Å². The Bertz CT molecular complexity index is 412. The van der Waals surface area contributed by atoms with E-state index in [1.165, 1.54) is 0 Å². The molecule has 0 radical (unpaired) electrons. The van der Waals surface area contributed by atoms with Crippen LogP contribution in [0.2, 0.25) is 0 Å². The molecule has 0 aliphatic heterocycles. The first-order chi connectivity index (χ1) is 8.80. The molecular formula is C14H20FNO3. The highest BCUT2D eigenvalue weighted by Gasteiger charge is 2.16. The lowest BCUT2D eigenvalue weighted by atomic mass is 10.1. The standard InChI is InChI=1S/C14H20FNO3/c1-14(2,3)19-13(18)16-12-6-4-10(5-7-12)8-11(15)9-17/h4-7,11,17H,8-9H2,1-3H3,(H,16,18). The number of anilines is 1. The Labute approximate surface area is 112 Å². The Morgan fingerprint density at radius 2 is 1.95 bits per heavy atom. The first-order valence-electron chi connectivity index (χ1n) is 6.14. The average molecular weight is 269 g/mol. The van der Waals surface area contributed by atoms with Crippen molar-refractivity contribution in [1.29, 1.82) is 0 Å². The molecule has 0 heterocycles. The largest absolute Gasteiger partial charge is 0.444 e. The molecule has 2 N–H and O–H groups in total. The maximum Gasteiger partial charge on any atom is 0.412 e. The van der Waals surface area contributed by atoms with Gasteiger partial charge in [0.25, 0.3) is 0 Å². The van der Waals surface area contributed by atoms with Crippen LogP contribution in [0.4, 0.5) is 14.9 Å². The van der Waals surface area contributed by atoms with Gasteiger partial charge in [-0.2, -0.15) is 0 Å². The fourth-order valence-corrected chi connectivity index (χ4v) is 1.47. The predicted octanol–water partition coefficient (Wildman–Crippen LogP) is 2.91. The Kier molecular flexibility index (Phi) is 5.30. The quantitative estimate of drug-likeness (QED) is 0.883. The average Bonchev–Trinajstić information content (AvgIpc) is 2.29.